The number of aryl methyl sites for hydroxylation is 1. The van der Waals surface area contributed by atoms with Crippen molar-refractivity contribution >= 4 is 39.8 Å². The number of ether oxygens (including phenoxy) is 2. The highest BCUT2D eigenvalue weighted by Crippen LogP contribution is 2.27. The van der Waals surface area contributed by atoms with Gasteiger partial charge >= 0.3 is 0 Å². The van der Waals surface area contributed by atoms with Gasteiger partial charge in [-0.05, 0) is 37.3 Å². The lowest BCUT2D eigenvalue weighted by Crippen LogP contribution is -2.22. The summed E-state index contributed by atoms with van der Waals surface area (Å²) in [7, 11) is 3.18. The minimum absolute atomic E-state index is 0.211. The van der Waals surface area contributed by atoms with Crippen LogP contribution in [0, 0.1) is 6.92 Å². The van der Waals surface area contributed by atoms with Crippen LogP contribution in [0.15, 0.2) is 36.5 Å². The van der Waals surface area contributed by atoms with Crippen molar-refractivity contribution in [2.75, 3.05) is 19.5 Å². The number of thiazole rings is 1. The third-order valence-electron chi connectivity index (χ3n) is 3.89. The van der Waals surface area contributed by atoms with E-state index in [-0.39, 0.29) is 5.91 Å². The van der Waals surface area contributed by atoms with Gasteiger partial charge in [-0.25, -0.2) is 9.97 Å². The van der Waals surface area contributed by atoms with Crippen LogP contribution in [0.1, 0.15) is 20.9 Å². The van der Waals surface area contributed by atoms with E-state index >= 15 is 0 Å². The molecule has 0 saturated carbocycles. The second-order valence-electron chi connectivity index (χ2n) is 5.78. The van der Waals surface area contributed by atoms with Gasteiger partial charge in [-0.15, -0.1) is 0 Å². The molecule has 2 N–H and O–H groups in total. The number of amides is 1. The summed E-state index contributed by atoms with van der Waals surface area (Å²) in [6, 6.07) is 8.91. The van der Waals surface area contributed by atoms with Crippen molar-refractivity contribution in [1.82, 2.24) is 15.3 Å². The molecule has 0 atom stereocenters. The summed E-state index contributed by atoms with van der Waals surface area (Å²) >= 11 is 7.09. The number of carbonyl (C=O) groups excluding carboxylic acids is 1. The summed E-state index contributed by atoms with van der Waals surface area (Å²) in [4.78, 5) is 21.7. The van der Waals surface area contributed by atoms with E-state index in [1.165, 1.54) is 11.3 Å². The molecule has 0 aliphatic rings. The number of nitrogens with one attached hydrogen (secondary N) is 2. The maximum atomic E-state index is 12.6. The summed E-state index contributed by atoms with van der Waals surface area (Å²) in [5.41, 5.74) is 1.46. The largest absolute Gasteiger partial charge is 0.497 e. The Kier molecular flexibility index (Phi) is 6.33. The zero-order chi connectivity index (χ0) is 20.1. The van der Waals surface area contributed by atoms with Gasteiger partial charge in [0.2, 0.25) is 0 Å². The molecule has 9 heteroatoms. The minimum Gasteiger partial charge on any atom is -0.497 e. The molecule has 0 radical (unpaired) electrons. The maximum absolute atomic E-state index is 12.6. The molecule has 3 rings (SSSR count). The molecule has 1 amide bonds. The topological polar surface area (TPSA) is 85.4 Å². The Morgan fingerprint density at radius 3 is 2.71 bits per heavy atom. The monoisotopic (exact) mass is 418 g/mol. The predicted molar refractivity (Wildman–Crippen MR) is 110 cm³/mol. The lowest BCUT2D eigenvalue weighted by Gasteiger charge is -2.11. The van der Waals surface area contributed by atoms with Gasteiger partial charge in [0.1, 0.15) is 22.2 Å². The molecule has 1 aromatic carbocycles. The zero-order valence-electron chi connectivity index (χ0n) is 15.6. The van der Waals surface area contributed by atoms with E-state index in [2.05, 4.69) is 20.6 Å². The van der Waals surface area contributed by atoms with Crippen molar-refractivity contribution in [1.29, 1.82) is 0 Å². The van der Waals surface area contributed by atoms with Crippen LogP contribution < -0.4 is 20.1 Å². The summed E-state index contributed by atoms with van der Waals surface area (Å²) < 4.78 is 10.6. The van der Waals surface area contributed by atoms with E-state index in [0.717, 1.165) is 5.56 Å². The van der Waals surface area contributed by atoms with Gasteiger partial charge in [0.25, 0.3) is 5.91 Å². The standard InChI is InChI=1S/C19H19ClN4O3S/c1-11-17(28-19(23-11)24-16-7-4-13(20)10-21-16)18(25)22-9-12-8-14(26-2)5-6-15(12)27-3/h4-8,10H,9H2,1-3H3,(H,22,25)(H,21,23,24). The van der Waals surface area contributed by atoms with E-state index in [0.29, 0.717) is 44.6 Å². The SMILES string of the molecule is COc1ccc(OC)c(CNC(=O)c2sc(Nc3ccc(Cl)cn3)nc2C)c1. The molecule has 0 spiro atoms. The number of nitrogens with zero attached hydrogens (tertiary/aromatic N) is 2. The van der Waals surface area contributed by atoms with Crippen LogP contribution >= 0.6 is 22.9 Å². The minimum atomic E-state index is -0.211. The Hall–Kier alpha value is -2.84. The number of anilines is 2. The molecule has 146 valence electrons. The van der Waals surface area contributed by atoms with Gasteiger partial charge in [-0.1, -0.05) is 22.9 Å². The molecule has 3 aromatic rings. The molecule has 2 heterocycles. The summed E-state index contributed by atoms with van der Waals surface area (Å²) in [6.45, 7) is 2.09. The van der Waals surface area contributed by atoms with E-state index in [1.54, 1.807) is 51.6 Å². The molecule has 0 aliphatic heterocycles. The first-order chi connectivity index (χ1) is 13.5. The average Bonchev–Trinajstić information content (AvgIpc) is 3.07. The number of aromatic nitrogens is 2. The number of methoxy groups -OCH3 is 2. The normalized spacial score (nSPS) is 10.4. The van der Waals surface area contributed by atoms with Gasteiger partial charge in [-0.3, -0.25) is 4.79 Å². The third-order valence-corrected chi connectivity index (χ3v) is 5.19. The highest BCUT2D eigenvalue weighted by Gasteiger charge is 2.16. The van der Waals surface area contributed by atoms with Gasteiger partial charge in [0.15, 0.2) is 5.13 Å². The number of halogens is 1. The lowest BCUT2D eigenvalue weighted by atomic mass is 10.2. The fraction of sp³-hybridized carbons (Fsp3) is 0.211. The Balaban J connectivity index is 1.69. The highest BCUT2D eigenvalue weighted by atomic mass is 35.5. The van der Waals surface area contributed by atoms with Crippen molar-refractivity contribution in [2.24, 2.45) is 0 Å². The van der Waals surface area contributed by atoms with Crippen LogP contribution in [0.3, 0.4) is 0 Å². The van der Waals surface area contributed by atoms with E-state index in [1.807, 2.05) is 6.07 Å². The van der Waals surface area contributed by atoms with E-state index in [4.69, 9.17) is 21.1 Å². The van der Waals surface area contributed by atoms with Crippen LogP contribution in [0.25, 0.3) is 0 Å². The first-order valence-electron chi connectivity index (χ1n) is 8.35. The summed E-state index contributed by atoms with van der Waals surface area (Å²) in [5, 5.41) is 7.11. The third kappa shape index (κ3) is 4.71. The Bertz CT molecular complexity index is 976. The number of benzene rings is 1. The quantitative estimate of drug-likeness (QED) is 0.598. The van der Waals surface area contributed by atoms with Crippen molar-refractivity contribution in [3.8, 4) is 11.5 Å². The van der Waals surface area contributed by atoms with Gasteiger partial charge < -0.3 is 20.1 Å². The number of pyridine rings is 1. The van der Waals surface area contributed by atoms with Crippen LogP contribution in [-0.4, -0.2) is 30.1 Å². The Labute approximate surface area is 171 Å². The van der Waals surface area contributed by atoms with E-state index < -0.39 is 0 Å². The maximum Gasteiger partial charge on any atom is 0.263 e. The summed E-state index contributed by atoms with van der Waals surface area (Å²) in [6.07, 6.45) is 1.54. The Morgan fingerprint density at radius 2 is 2.04 bits per heavy atom. The second kappa shape index (κ2) is 8.90. The van der Waals surface area contributed by atoms with Crippen LogP contribution in [0.4, 0.5) is 10.9 Å². The second-order valence-corrected chi connectivity index (χ2v) is 7.22. The van der Waals surface area contributed by atoms with Crippen molar-refractivity contribution in [3.63, 3.8) is 0 Å². The molecule has 28 heavy (non-hydrogen) atoms. The molecule has 0 bridgehead atoms. The first kappa shape index (κ1) is 19.9. The van der Waals surface area contributed by atoms with Gasteiger partial charge in [0.05, 0.1) is 24.9 Å². The van der Waals surface area contributed by atoms with Crippen molar-refractivity contribution in [3.05, 3.63) is 57.7 Å². The number of carbonyl (C=O) groups is 1. The van der Waals surface area contributed by atoms with Crippen LogP contribution in [0.5, 0.6) is 11.5 Å². The van der Waals surface area contributed by atoms with Crippen LogP contribution in [0.2, 0.25) is 5.02 Å². The zero-order valence-corrected chi connectivity index (χ0v) is 17.1. The predicted octanol–water partition coefficient (Wildman–Crippen LogP) is 4.19. The first-order valence-corrected chi connectivity index (χ1v) is 9.54. The fourth-order valence-electron chi connectivity index (χ4n) is 2.50. The molecule has 0 fully saturated rings. The fourth-order valence-corrected chi connectivity index (χ4v) is 3.50. The number of hydrogen-bond donors (Lipinski definition) is 2. The van der Waals surface area contributed by atoms with Crippen molar-refractivity contribution < 1.29 is 14.3 Å². The molecular weight excluding hydrogens is 400 g/mol. The molecule has 0 saturated heterocycles. The van der Waals surface area contributed by atoms with Gasteiger partial charge in [-0.2, -0.15) is 0 Å². The van der Waals surface area contributed by atoms with E-state index in [9.17, 15) is 4.79 Å². The van der Waals surface area contributed by atoms with Gasteiger partial charge in [0, 0.05) is 18.3 Å². The summed E-state index contributed by atoms with van der Waals surface area (Å²) in [5.74, 6) is 1.77. The molecule has 7 nitrogen and oxygen atoms in total. The van der Waals surface area contributed by atoms with Crippen LogP contribution in [-0.2, 0) is 6.54 Å². The number of rotatable bonds is 7. The smallest absolute Gasteiger partial charge is 0.263 e. The molecule has 0 aliphatic carbocycles. The molecule has 2 aromatic heterocycles. The van der Waals surface area contributed by atoms with Crippen molar-refractivity contribution in [2.45, 2.75) is 13.5 Å². The lowest BCUT2D eigenvalue weighted by molar-refractivity contribution is 0.0954. The highest BCUT2D eigenvalue weighted by molar-refractivity contribution is 7.17. The molecular formula is C19H19ClN4O3S. The Morgan fingerprint density at radius 1 is 1.21 bits per heavy atom. The number of hydrogen-bond acceptors (Lipinski definition) is 7. The average molecular weight is 419 g/mol. The molecule has 0 unspecified atom stereocenters.